The zero-order valence-electron chi connectivity index (χ0n) is 14.0. The maximum Gasteiger partial charge on any atom is 0.318 e. The minimum Gasteiger partial charge on any atom is -0.378 e. The molecule has 3 rings (SSSR count). The molecule has 6 nitrogen and oxygen atoms in total. The highest BCUT2D eigenvalue weighted by atomic mass is 16.5. The van der Waals surface area contributed by atoms with Gasteiger partial charge in [-0.25, -0.2) is 9.78 Å². The monoisotopic (exact) mass is 328 g/mol. The second-order valence-corrected chi connectivity index (χ2v) is 5.97. The number of hydrogen-bond acceptors (Lipinski definition) is 3. The molecule has 0 bridgehead atoms. The zero-order valence-corrected chi connectivity index (χ0v) is 14.0. The van der Waals surface area contributed by atoms with Gasteiger partial charge in [0.05, 0.1) is 19.3 Å². The van der Waals surface area contributed by atoms with Crippen LogP contribution in [0.4, 0.5) is 4.79 Å². The van der Waals surface area contributed by atoms with Crippen molar-refractivity contribution in [3.05, 3.63) is 54.1 Å². The topological polar surface area (TPSA) is 59.4 Å². The van der Waals surface area contributed by atoms with E-state index in [4.69, 9.17) is 4.74 Å². The number of morpholine rings is 1. The van der Waals surface area contributed by atoms with Crippen LogP contribution in [0.15, 0.2) is 42.7 Å². The Balaban J connectivity index is 1.67. The molecule has 24 heavy (non-hydrogen) atoms. The molecular formula is C18H24N4O2. The van der Waals surface area contributed by atoms with Gasteiger partial charge in [-0.2, -0.15) is 0 Å². The van der Waals surface area contributed by atoms with Gasteiger partial charge in [-0.15, -0.1) is 0 Å². The molecule has 0 aliphatic carbocycles. The van der Waals surface area contributed by atoms with Crippen LogP contribution >= 0.6 is 0 Å². The van der Waals surface area contributed by atoms with E-state index < -0.39 is 0 Å². The van der Waals surface area contributed by atoms with Crippen LogP contribution in [0.2, 0.25) is 0 Å². The van der Waals surface area contributed by atoms with E-state index in [0.717, 1.165) is 24.4 Å². The normalized spacial score (nSPS) is 16.0. The summed E-state index contributed by atoms with van der Waals surface area (Å²) in [4.78, 5) is 18.6. The average molecular weight is 328 g/mol. The highest BCUT2D eigenvalue weighted by molar-refractivity contribution is 5.74. The third-order valence-corrected chi connectivity index (χ3v) is 4.38. The fraction of sp³-hybridized carbons (Fsp3) is 0.444. The Morgan fingerprint density at radius 3 is 2.71 bits per heavy atom. The van der Waals surface area contributed by atoms with Gasteiger partial charge >= 0.3 is 6.03 Å². The lowest BCUT2D eigenvalue weighted by Gasteiger charge is -2.29. The molecule has 1 aromatic heterocycles. The van der Waals surface area contributed by atoms with E-state index in [0.29, 0.717) is 26.3 Å². The summed E-state index contributed by atoms with van der Waals surface area (Å²) in [5.74, 6) is 0.987. The lowest BCUT2D eigenvalue weighted by molar-refractivity contribution is 0.0523. The van der Waals surface area contributed by atoms with E-state index in [1.807, 2.05) is 36.2 Å². The molecule has 1 fully saturated rings. The summed E-state index contributed by atoms with van der Waals surface area (Å²) in [5, 5.41) is 3.18. The standard InChI is InChI=1S/C18H24N4O2/c1-15-19-8-10-21(15)9-7-17(16-5-3-2-4-6-16)20-18(23)22-11-13-24-14-12-22/h2-6,8,10,17H,7,9,11-14H2,1H3,(H,20,23)/t17-/m0/s1. The number of nitrogens with one attached hydrogen (secondary N) is 1. The van der Waals surface area contributed by atoms with Crippen LogP contribution in [0, 0.1) is 6.92 Å². The van der Waals surface area contributed by atoms with Crippen LogP contribution < -0.4 is 5.32 Å². The van der Waals surface area contributed by atoms with Gasteiger partial charge in [-0.1, -0.05) is 30.3 Å². The number of carbonyl (C=O) groups excluding carboxylic acids is 1. The molecule has 0 unspecified atom stereocenters. The van der Waals surface area contributed by atoms with E-state index in [-0.39, 0.29) is 12.1 Å². The number of aryl methyl sites for hydroxylation is 2. The molecule has 1 aromatic carbocycles. The minimum atomic E-state index is -0.0247. The molecule has 1 saturated heterocycles. The predicted molar refractivity (Wildman–Crippen MR) is 91.7 cm³/mol. The van der Waals surface area contributed by atoms with Crippen molar-refractivity contribution in [1.29, 1.82) is 0 Å². The van der Waals surface area contributed by atoms with Crippen LogP contribution in [-0.4, -0.2) is 46.8 Å². The highest BCUT2D eigenvalue weighted by Gasteiger charge is 2.21. The summed E-state index contributed by atoms with van der Waals surface area (Å²) in [5.41, 5.74) is 1.12. The van der Waals surface area contributed by atoms with Crippen LogP contribution in [0.5, 0.6) is 0 Å². The van der Waals surface area contributed by atoms with Gasteiger partial charge in [-0.3, -0.25) is 0 Å². The van der Waals surface area contributed by atoms with Crippen LogP contribution in [0.3, 0.4) is 0 Å². The number of amides is 2. The SMILES string of the molecule is Cc1nccn1CC[C@H](NC(=O)N1CCOCC1)c1ccccc1. The summed E-state index contributed by atoms with van der Waals surface area (Å²) in [6.45, 7) is 5.32. The first-order valence-electron chi connectivity index (χ1n) is 8.40. The van der Waals surface area contributed by atoms with Gasteiger partial charge in [0.15, 0.2) is 0 Å². The number of ether oxygens (including phenoxy) is 1. The summed E-state index contributed by atoms with van der Waals surface area (Å²) in [7, 11) is 0. The van der Waals surface area contributed by atoms with E-state index in [2.05, 4.69) is 27.0 Å². The van der Waals surface area contributed by atoms with Gasteiger partial charge in [0, 0.05) is 32.0 Å². The van der Waals surface area contributed by atoms with Crippen LogP contribution in [0.1, 0.15) is 23.9 Å². The van der Waals surface area contributed by atoms with Crippen molar-refractivity contribution < 1.29 is 9.53 Å². The van der Waals surface area contributed by atoms with Crippen molar-refractivity contribution in [2.45, 2.75) is 25.9 Å². The lowest BCUT2D eigenvalue weighted by atomic mass is 10.0. The smallest absolute Gasteiger partial charge is 0.318 e. The summed E-state index contributed by atoms with van der Waals surface area (Å²) >= 11 is 0. The number of benzene rings is 1. The molecule has 1 aliphatic heterocycles. The molecule has 1 aliphatic rings. The maximum atomic E-state index is 12.6. The number of nitrogens with zero attached hydrogens (tertiary/aromatic N) is 3. The number of imidazole rings is 1. The van der Waals surface area contributed by atoms with Gasteiger partial charge in [-0.05, 0) is 18.9 Å². The molecular weight excluding hydrogens is 304 g/mol. The Bertz CT molecular complexity index is 650. The second-order valence-electron chi connectivity index (χ2n) is 5.97. The first-order valence-corrected chi connectivity index (χ1v) is 8.40. The van der Waals surface area contributed by atoms with E-state index in [1.54, 1.807) is 6.20 Å². The molecule has 1 atom stereocenters. The molecule has 0 radical (unpaired) electrons. The minimum absolute atomic E-state index is 0.0190. The van der Waals surface area contributed by atoms with Crippen molar-refractivity contribution in [3.8, 4) is 0 Å². The summed E-state index contributed by atoms with van der Waals surface area (Å²) < 4.78 is 7.43. The number of hydrogen-bond donors (Lipinski definition) is 1. The number of urea groups is 1. The predicted octanol–water partition coefficient (Wildman–Crippen LogP) is 2.36. The number of carbonyl (C=O) groups is 1. The van der Waals surface area contributed by atoms with Gasteiger partial charge in [0.25, 0.3) is 0 Å². The third kappa shape index (κ3) is 4.14. The fourth-order valence-electron chi connectivity index (χ4n) is 2.92. The molecule has 0 spiro atoms. The quantitative estimate of drug-likeness (QED) is 0.917. The molecule has 6 heteroatoms. The second kappa shape index (κ2) is 7.97. The van der Waals surface area contributed by atoms with E-state index in [1.165, 1.54) is 0 Å². The highest BCUT2D eigenvalue weighted by Crippen LogP contribution is 2.18. The van der Waals surface area contributed by atoms with Crippen LogP contribution in [-0.2, 0) is 11.3 Å². The Labute approximate surface area is 142 Å². The first-order chi connectivity index (χ1) is 11.7. The Morgan fingerprint density at radius 2 is 2.04 bits per heavy atom. The fourth-order valence-corrected chi connectivity index (χ4v) is 2.92. The zero-order chi connectivity index (χ0) is 16.8. The molecule has 2 heterocycles. The maximum absolute atomic E-state index is 12.6. The van der Waals surface area contributed by atoms with Crippen molar-refractivity contribution in [3.63, 3.8) is 0 Å². The number of rotatable bonds is 5. The Kier molecular flexibility index (Phi) is 5.48. The Morgan fingerprint density at radius 1 is 1.29 bits per heavy atom. The van der Waals surface area contributed by atoms with Crippen molar-refractivity contribution >= 4 is 6.03 Å². The van der Waals surface area contributed by atoms with Crippen molar-refractivity contribution in [1.82, 2.24) is 19.8 Å². The van der Waals surface area contributed by atoms with Crippen molar-refractivity contribution in [2.75, 3.05) is 26.3 Å². The molecule has 128 valence electrons. The summed E-state index contributed by atoms with van der Waals surface area (Å²) in [6, 6.07) is 10.1. The molecule has 1 N–H and O–H groups in total. The lowest BCUT2D eigenvalue weighted by Crippen LogP contribution is -2.47. The molecule has 2 aromatic rings. The third-order valence-electron chi connectivity index (χ3n) is 4.38. The Hall–Kier alpha value is -2.34. The van der Waals surface area contributed by atoms with Gasteiger partial charge in [0.1, 0.15) is 5.82 Å². The van der Waals surface area contributed by atoms with E-state index in [9.17, 15) is 4.79 Å². The first kappa shape index (κ1) is 16.5. The average Bonchev–Trinajstić information content (AvgIpc) is 3.05. The largest absolute Gasteiger partial charge is 0.378 e. The van der Waals surface area contributed by atoms with Crippen LogP contribution in [0.25, 0.3) is 0 Å². The number of aromatic nitrogens is 2. The summed E-state index contributed by atoms with van der Waals surface area (Å²) in [6.07, 6.45) is 4.59. The molecule has 2 amide bonds. The van der Waals surface area contributed by atoms with Crippen molar-refractivity contribution in [2.24, 2.45) is 0 Å². The van der Waals surface area contributed by atoms with Gasteiger partial charge in [0.2, 0.25) is 0 Å². The molecule has 0 saturated carbocycles. The van der Waals surface area contributed by atoms with Gasteiger partial charge < -0.3 is 19.5 Å². The van der Waals surface area contributed by atoms with E-state index >= 15 is 0 Å².